The number of amides is 1. The van der Waals surface area contributed by atoms with Gasteiger partial charge in [-0.1, -0.05) is 6.92 Å². The molecule has 0 aliphatic rings. The number of hydrogen-bond donors (Lipinski definition) is 4. The standard InChI is InChI=1S/C9H11N3O5/c1-2-5(8(15)16)11-6(13)4-3-10-9(17)12-7(4)14/h3,5H,2H2,1H3,(H,11,13)(H,15,16)(H2,10,12,14,17)/t5-/m0/s1. The Bertz CT molecular complexity index is 544. The van der Waals surface area contributed by atoms with Gasteiger partial charge in [-0.15, -0.1) is 0 Å². The van der Waals surface area contributed by atoms with Crippen LogP contribution >= 0.6 is 0 Å². The van der Waals surface area contributed by atoms with Gasteiger partial charge in [0.25, 0.3) is 11.5 Å². The average Bonchev–Trinajstić information content (AvgIpc) is 2.24. The zero-order valence-corrected chi connectivity index (χ0v) is 8.94. The molecule has 1 aromatic heterocycles. The van der Waals surface area contributed by atoms with Gasteiger partial charge in [-0.2, -0.15) is 0 Å². The van der Waals surface area contributed by atoms with E-state index in [1.165, 1.54) is 0 Å². The van der Waals surface area contributed by atoms with Crippen molar-refractivity contribution in [2.75, 3.05) is 0 Å². The third kappa shape index (κ3) is 3.03. The van der Waals surface area contributed by atoms with Crippen LogP contribution in [0.3, 0.4) is 0 Å². The number of H-pyrrole nitrogens is 2. The van der Waals surface area contributed by atoms with Gasteiger partial charge in [-0.3, -0.25) is 14.6 Å². The Morgan fingerprint density at radius 1 is 1.47 bits per heavy atom. The minimum atomic E-state index is -1.19. The fourth-order valence-corrected chi connectivity index (χ4v) is 1.15. The van der Waals surface area contributed by atoms with Crippen LogP contribution in [0.25, 0.3) is 0 Å². The van der Waals surface area contributed by atoms with E-state index in [2.05, 4.69) is 10.3 Å². The van der Waals surface area contributed by atoms with Gasteiger partial charge in [0.15, 0.2) is 0 Å². The number of carboxylic acid groups (broad SMARTS) is 1. The van der Waals surface area contributed by atoms with Gasteiger partial charge in [-0.05, 0) is 6.42 Å². The van der Waals surface area contributed by atoms with Crippen LogP contribution in [-0.4, -0.2) is 33.0 Å². The van der Waals surface area contributed by atoms with E-state index in [0.717, 1.165) is 6.20 Å². The number of hydrogen-bond acceptors (Lipinski definition) is 4. The molecule has 0 saturated heterocycles. The van der Waals surface area contributed by atoms with Gasteiger partial charge >= 0.3 is 11.7 Å². The molecule has 1 heterocycles. The van der Waals surface area contributed by atoms with Gasteiger partial charge < -0.3 is 15.4 Å². The number of aliphatic carboxylic acids is 1. The topological polar surface area (TPSA) is 132 Å². The van der Waals surface area contributed by atoms with E-state index in [9.17, 15) is 19.2 Å². The van der Waals surface area contributed by atoms with Crippen molar-refractivity contribution in [3.05, 3.63) is 32.6 Å². The van der Waals surface area contributed by atoms with E-state index >= 15 is 0 Å². The Labute approximate surface area is 94.7 Å². The maximum absolute atomic E-state index is 11.5. The van der Waals surface area contributed by atoms with Crippen molar-refractivity contribution >= 4 is 11.9 Å². The molecular formula is C9H11N3O5. The molecule has 0 aliphatic heterocycles. The number of aromatic amines is 2. The monoisotopic (exact) mass is 241 g/mol. The summed E-state index contributed by atoms with van der Waals surface area (Å²) in [6.45, 7) is 1.58. The molecule has 0 aliphatic carbocycles. The number of carbonyl (C=O) groups is 2. The molecule has 0 fully saturated rings. The molecule has 0 saturated carbocycles. The smallest absolute Gasteiger partial charge is 0.326 e. The molecule has 1 aromatic rings. The van der Waals surface area contributed by atoms with Crippen LogP contribution < -0.4 is 16.6 Å². The molecule has 1 atom stereocenters. The lowest BCUT2D eigenvalue weighted by molar-refractivity contribution is -0.139. The van der Waals surface area contributed by atoms with Crippen LogP contribution in [0.4, 0.5) is 0 Å². The van der Waals surface area contributed by atoms with Crippen molar-refractivity contribution in [2.24, 2.45) is 0 Å². The molecule has 92 valence electrons. The molecule has 1 rings (SSSR count). The first-order valence-corrected chi connectivity index (χ1v) is 4.81. The van der Waals surface area contributed by atoms with Gasteiger partial charge in [0, 0.05) is 6.20 Å². The molecule has 17 heavy (non-hydrogen) atoms. The Hall–Kier alpha value is -2.38. The Morgan fingerprint density at radius 2 is 2.12 bits per heavy atom. The highest BCUT2D eigenvalue weighted by Crippen LogP contribution is 1.93. The van der Waals surface area contributed by atoms with E-state index in [1.807, 2.05) is 4.98 Å². The first-order chi connectivity index (χ1) is 7.95. The lowest BCUT2D eigenvalue weighted by Crippen LogP contribution is -2.42. The minimum Gasteiger partial charge on any atom is -0.480 e. The SMILES string of the molecule is CC[C@H](NC(=O)c1c[nH]c(=O)[nH]c1=O)C(=O)O. The van der Waals surface area contributed by atoms with Gasteiger partial charge in [-0.25, -0.2) is 9.59 Å². The van der Waals surface area contributed by atoms with Crippen molar-refractivity contribution in [3.8, 4) is 0 Å². The molecule has 0 aromatic carbocycles. The molecule has 0 spiro atoms. The maximum Gasteiger partial charge on any atom is 0.326 e. The van der Waals surface area contributed by atoms with Crippen LogP contribution in [-0.2, 0) is 4.79 Å². The summed E-state index contributed by atoms with van der Waals surface area (Å²) in [4.78, 5) is 48.2. The van der Waals surface area contributed by atoms with Crippen LogP contribution in [0.1, 0.15) is 23.7 Å². The van der Waals surface area contributed by atoms with Gasteiger partial charge in [0.05, 0.1) is 0 Å². The van der Waals surface area contributed by atoms with Crippen molar-refractivity contribution in [2.45, 2.75) is 19.4 Å². The number of carbonyl (C=O) groups excluding carboxylic acids is 1. The van der Waals surface area contributed by atoms with E-state index in [4.69, 9.17) is 5.11 Å². The maximum atomic E-state index is 11.5. The summed E-state index contributed by atoms with van der Waals surface area (Å²) in [6, 6.07) is -1.08. The second kappa shape index (κ2) is 5.10. The largest absolute Gasteiger partial charge is 0.480 e. The lowest BCUT2D eigenvalue weighted by atomic mass is 10.2. The van der Waals surface area contributed by atoms with Crippen molar-refractivity contribution in [1.82, 2.24) is 15.3 Å². The summed E-state index contributed by atoms with van der Waals surface area (Å²) in [6.07, 6.45) is 1.12. The van der Waals surface area contributed by atoms with Gasteiger partial charge in [0.2, 0.25) is 0 Å². The zero-order chi connectivity index (χ0) is 13.0. The van der Waals surface area contributed by atoms with Crippen LogP contribution in [0.2, 0.25) is 0 Å². The third-order valence-electron chi connectivity index (χ3n) is 2.08. The fraction of sp³-hybridized carbons (Fsp3) is 0.333. The molecule has 8 nitrogen and oxygen atoms in total. The molecule has 8 heteroatoms. The predicted molar refractivity (Wildman–Crippen MR) is 56.9 cm³/mol. The van der Waals surface area contributed by atoms with E-state index in [1.54, 1.807) is 6.92 Å². The number of rotatable bonds is 4. The lowest BCUT2D eigenvalue weighted by Gasteiger charge is -2.11. The van der Waals surface area contributed by atoms with Crippen LogP contribution in [0.15, 0.2) is 15.8 Å². The van der Waals surface area contributed by atoms with E-state index < -0.39 is 29.2 Å². The molecule has 1 amide bonds. The highest BCUT2D eigenvalue weighted by Gasteiger charge is 2.20. The van der Waals surface area contributed by atoms with Crippen LogP contribution in [0.5, 0.6) is 0 Å². The van der Waals surface area contributed by atoms with Crippen molar-refractivity contribution in [3.63, 3.8) is 0 Å². The second-order valence-electron chi connectivity index (χ2n) is 3.26. The number of carboxylic acids is 1. The number of nitrogens with one attached hydrogen (secondary N) is 3. The Balaban J connectivity index is 2.94. The normalized spacial score (nSPS) is 11.8. The zero-order valence-electron chi connectivity index (χ0n) is 8.94. The third-order valence-corrected chi connectivity index (χ3v) is 2.08. The molecule has 0 radical (unpaired) electrons. The summed E-state index contributed by atoms with van der Waals surface area (Å²) in [5, 5.41) is 10.9. The minimum absolute atomic E-state index is 0.183. The number of aromatic nitrogens is 2. The second-order valence-corrected chi connectivity index (χ2v) is 3.26. The summed E-state index contributed by atoms with van der Waals surface area (Å²) in [5.41, 5.74) is -1.95. The average molecular weight is 241 g/mol. The van der Waals surface area contributed by atoms with E-state index in [0.29, 0.717) is 0 Å². The van der Waals surface area contributed by atoms with Crippen LogP contribution in [0, 0.1) is 0 Å². The summed E-state index contributed by atoms with van der Waals surface area (Å²) in [5.74, 6) is -2.04. The highest BCUT2D eigenvalue weighted by molar-refractivity contribution is 5.95. The fourth-order valence-electron chi connectivity index (χ4n) is 1.15. The highest BCUT2D eigenvalue weighted by atomic mass is 16.4. The quantitative estimate of drug-likeness (QED) is 0.517. The molecule has 0 bridgehead atoms. The van der Waals surface area contributed by atoms with Gasteiger partial charge in [0.1, 0.15) is 11.6 Å². The Morgan fingerprint density at radius 3 is 2.59 bits per heavy atom. The van der Waals surface area contributed by atoms with Crippen molar-refractivity contribution in [1.29, 1.82) is 0 Å². The summed E-state index contributed by atoms with van der Waals surface area (Å²) in [7, 11) is 0. The molecule has 4 N–H and O–H groups in total. The molecule has 0 unspecified atom stereocenters. The Kier molecular flexibility index (Phi) is 3.81. The first-order valence-electron chi connectivity index (χ1n) is 4.81. The summed E-state index contributed by atoms with van der Waals surface area (Å²) < 4.78 is 0. The van der Waals surface area contributed by atoms with E-state index in [-0.39, 0.29) is 12.0 Å². The first kappa shape index (κ1) is 12.7. The van der Waals surface area contributed by atoms with Crippen molar-refractivity contribution < 1.29 is 14.7 Å². The predicted octanol–water partition coefficient (Wildman–Crippen LogP) is -1.34. The summed E-state index contributed by atoms with van der Waals surface area (Å²) >= 11 is 0. The molecular weight excluding hydrogens is 230 g/mol.